The van der Waals surface area contributed by atoms with Crippen LogP contribution in [-0.2, 0) is 6.54 Å². The molecule has 1 N–H and O–H groups in total. The van der Waals surface area contributed by atoms with E-state index >= 15 is 0 Å². The van der Waals surface area contributed by atoms with E-state index in [1.807, 2.05) is 6.92 Å². The summed E-state index contributed by atoms with van der Waals surface area (Å²) in [5, 5.41) is 8.48. The zero-order valence-corrected chi connectivity index (χ0v) is 13.3. The van der Waals surface area contributed by atoms with Gasteiger partial charge in [0.1, 0.15) is 0 Å². The zero-order valence-electron chi connectivity index (χ0n) is 12.5. The molecular weight excluding hydrogens is 280 g/mol. The van der Waals surface area contributed by atoms with Crippen molar-refractivity contribution in [1.82, 2.24) is 19.7 Å². The second kappa shape index (κ2) is 5.41. The van der Waals surface area contributed by atoms with Gasteiger partial charge >= 0.3 is 0 Å². The number of H-pyrrole nitrogens is 1. The van der Waals surface area contributed by atoms with Crippen molar-refractivity contribution in [2.24, 2.45) is 0 Å². The molecule has 0 aliphatic heterocycles. The molecule has 108 valence electrons. The Hall–Kier alpha value is -2.01. The van der Waals surface area contributed by atoms with Crippen LogP contribution in [0.4, 0.5) is 0 Å². The number of aromatic amines is 1. The largest absolute Gasteiger partial charge is 0.300 e. The Labute approximate surface area is 128 Å². The summed E-state index contributed by atoms with van der Waals surface area (Å²) in [6.45, 7) is 7.10. The van der Waals surface area contributed by atoms with E-state index in [2.05, 4.69) is 57.9 Å². The van der Waals surface area contributed by atoms with Gasteiger partial charge in [-0.05, 0) is 50.7 Å². The Morgan fingerprint density at radius 3 is 2.81 bits per heavy atom. The van der Waals surface area contributed by atoms with Gasteiger partial charge in [0.05, 0.1) is 5.52 Å². The van der Waals surface area contributed by atoms with Crippen LogP contribution in [0.5, 0.6) is 0 Å². The van der Waals surface area contributed by atoms with Crippen molar-refractivity contribution in [3.63, 3.8) is 0 Å². The summed E-state index contributed by atoms with van der Waals surface area (Å²) in [6, 6.07) is 8.39. The lowest BCUT2D eigenvalue weighted by Gasteiger charge is -2.10. The van der Waals surface area contributed by atoms with Gasteiger partial charge in [-0.2, -0.15) is 5.10 Å². The Balaban J connectivity index is 2.34. The van der Waals surface area contributed by atoms with Gasteiger partial charge in [0.15, 0.2) is 10.6 Å². The van der Waals surface area contributed by atoms with E-state index in [1.165, 1.54) is 5.56 Å². The van der Waals surface area contributed by atoms with Crippen LogP contribution in [0.3, 0.4) is 0 Å². The van der Waals surface area contributed by atoms with E-state index in [9.17, 15) is 0 Å². The second-order valence-electron chi connectivity index (χ2n) is 5.34. The summed E-state index contributed by atoms with van der Waals surface area (Å²) in [6.07, 6.45) is 1.02. The molecule has 5 heteroatoms. The minimum absolute atomic E-state index is 0.669. The molecule has 0 saturated heterocycles. The number of nitrogens with zero attached hydrogens (tertiary/aromatic N) is 3. The van der Waals surface area contributed by atoms with Crippen LogP contribution in [0.1, 0.15) is 24.6 Å². The van der Waals surface area contributed by atoms with E-state index in [0.29, 0.717) is 4.77 Å². The third-order valence-electron chi connectivity index (χ3n) is 3.54. The van der Waals surface area contributed by atoms with E-state index in [1.54, 1.807) is 0 Å². The molecule has 1 aromatic carbocycles. The molecule has 4 nitrogen and oxygen atoms in total. The number of aromatic nitrogens is 4. The van der Waals surface area contributed by atoms with Crippen LogP contribution in [0.25, 0.3) is 22.3 Å². The van der Waals surface area contributed by atoms with Gasteiger partial charge in [-0.1, -0.05) is 18.6 Å². The molecule has 0 aliphatic rings. The highest BCUT2D eigenvalue weighted by Gasteiger charge is 2.13. The molecule has 0 saturated carbocycles. The van der Waals surface area contributed by atoms with Crippen LogP contribution < -0.4 is 0 Å². The Kier molecular flexibility index (Phi) is 3.59. The number of aryl methyl sites for hydroxylation is 2. The first-order valence-corrected chi connectivity index (χ1v) is 7.54. The van der Waals surface area contributed by atoms with Crippen LogP contribution in [-0.4, -0.2) is 19.7 Å². The SMILES string of the molecule is CCCn1c(-c2cc(C)nc3ccc(C)cc23)n[nH]c1=S. The Bertz CT molecular complexity index is 860. The van der Waals surface area contributed by atoms with Crippen molar-refractivity contribution in [2.75, 3.05) is 0 Å². The first-order chi connectivity index (χ1) is 10.1. The molecule has 0 amide bonds. The molecule has 21 heavy (non-hydrogen) atoms. The van der Waals surface area contributed by atoms with Crippen LogP contribution >= 0.6 is 12.2 Å². The molecule has 0 unspecified atom stereocenters. The standard InChI is InChI=1S/C16H18N4S/c1-4-7-20-15(18-19-16(20)21)13-9-11(3)17-14-6-5-10(2)8-12(13)14/h5-6,8-9H,4,7H2,1-3H3,(H,19,21). The monoisotopic (exact) mass is 298 g/mol. The van der Waals surface area contributed by atoms with Gasteiger partial charge in [-0.15, -0.1) is 0 Å². The van der Waals surface area contributed by atoms with Crippen molar-refractivity contribution < 1.29 is 0 Å². The smallest absolute Gasteiger partial charge is 0.195 e. The maximum Gasteiger partial charge on any atom is 0.195 e. The maximum atomic E-state index is 5.35. The highest BCUT2D eigenvalue weighted by atomic mass is 32.1. The van der Waals surface area contributed by atoms with Crippen LogP contribution in [0.2, 0.25) is 0 Å². The van der Waals surface area contributed by atoms with Crippen molar-refractivity contribution in [3.8, 4) is 11.4 Å². The Morgan fingerprint density at radius 1 is 1.24 bits per heavy atom. The summed E-state index contributed by atoms with van der Waals surface area (Å²) >= 11 is 5.35. The topological polar surface area (TPSA) is 46.5 Å². The fourth-order valence-corrected chi connectivity index (χ4v) is 2.83. The molecule has 0 radical (unpaired) electrons. The number of benzene rings is 1. The van der Waals surface area contributed by atoms with E-state index in [0.717, 1.165) is 41.0 Å². The molecule has 0 aliphatic carbocycles. The molecule has 2 heterocycles. The first kappa shape index (κ1) is 13.9. The molecule has 0 fully saturated rings. The minimum atomic E-state index is 0.669. The van der Waals surface area contributed by atoms with Gasteiger partial charge in [-0.3, -0.25) is 10.1 Å². The molecular formula is C16H18N4S. The number of hydrogen-bond donors (Lipinski definition) is 1. The lowest BCUT2D eigenvalue weighted by atomic mass is 10.0. The van der Waals surface area contributed by atoms with Crippen molar-refractivity contribution in [3.05, 3.63) is 40.3 Å². The van der Waals surface area contributed by atoms with Crippen molar-refractivity contribution in [2.45, 2.75) is 33.7 Å². The van der Waals surface area contributed by atoms with E-state index < -0.39 is 0 Å². The van der Waals surface area contributed by atoms with Crippen LogP contribution in [0.15, 0.2) is 24.3 Å². The summed E-state index contributed by atoms with van der Waals surface area (Å²) in [7, 11) is 0. The number of rotatable bonds is 3. The average Bonchev–Trinajstić information content (AvgIpc) is 2.80. The van der Waals surface area contributed by atoms with Gasteiger partial charge in [0, 0.05) is 23.2 Å². The summed E-state index contributed by atoms with van der Waals surface area (Å²) in [5.41, 5.74) is 4.28. The second-order valence-corrected chi connectivity index (χ2v) is 5.72. The normalized spacial score (nSPS) is 11.2. The van der Waals surface area contributed by atoms with Crippen LogP contribution in [0, 0.1) is 18.6 Å². The van der Waals surface area contributed by atoms with E-state index in [-0.39, 0.29) is 0 Å². The highest BCUT2D eigenvalue weighted by molar-refractivity contribution is 7.71. The minimum Gasteiger partial charge on any atom is -0.300 e. The summed E-state index contributed by atoms with van der Waals surface area (Å²) in [5.74, 6) is 0.892. The lowest BCUT2D eigenvalue weighted by Crippen LogP contribution is -2.01. The fourth-order valence-electron chi connectivity index (χ4n) is 2.61. The van der Waals surface area contributed by atoms with Gasteiger partial charge in [-0.25, -0.2) is 0 Å². The summed E-state index contributed by atoms with van der Waals surface area (Å²) < 4.78 is 2.73. The third-order valence-corrected chi connectivity index (χ3v) is 3.85. The van der Waals surface area contributed by atoms with E-state index in [4.69, 9.17) is 12.2 Å². The number of fused-ring (bicyclic) bond motifs is 1. The van der Waals surface area contributed by atoms with Crippen molar-refractivity contribution >= 4 is 23.1 Å². The Morgan fingerprint density at radius 2 is 2.05 bits per heavy atom. The quantitative estimate of drug-likeness (QED) is 0.738. The van der Waals surface area contributed by atoms with Gasteiger partial charge < -0.3 is 4.57 Å². The van der Waals surface area contributed by atoms with Gasteiger partial charge in [0.25, 0.3) is 0 Å². The van der Waals surface area contributed by atoms with Crippen molar-refractivity contribution in [1.29, 1.82) is 0 Å². The number of nitrogens with one attached hydrogen (secondary N) is 1. The predicted molar refractivity (Wildman–Crippen MR) is 87.9 cm³/mol. The summed E-state index contributed by atoms with van der Waals surface area (Å²) in [4.78, 5) is 4.61. The maximum absolute atomic E-state index is 5.35. The molecule has 0 spiro atoms. The lowest BCUT2D eigenvalue weighted by molar-refractivity contribution is 0.675. The first-order valence-electron chi connectivity index (χ1n) is 7.13. The average molecular weight is 298 g/mol. The molecule has 2 aromatic heterocycles. The fraction of sp³-hybridized carbons (Fsp3) is 0.312. The highest BCUT2D eigenvalue weighted by Crippen LogP contribution is 2.28. The van der Waals surface area contributed by atoms with Gasteiger partial charge in [0.2, 0.25) is 0 Å². The molecule has 0 atom stereocenters. The molecule has 3 rings (SSSR count). The molecule has 3 aromatic rings. The zero-order chi connectivity index (χ0) is 15.0. The number of hydrogen-bond acceptors (Lipinski definition) is 3. The number of pyridine rings is 1. The molecule has 0 bridgehead atoms. The predicted octanol–water partition coefficient (Wildman–Crippen LogP) is 4.18. The third kappa shape index (κ3) is 2.49.